The molecular weight excluding hydrogens is 302 g/mol. The minimum Gasteiger partial charge on any atom is -0.494 e. The molecule has 0 unspecified atom stereocenters. The van der Waals surface area contributed by atoms with Crippen molar-refractivity contribution in [1.29, 1.82) is 0 Å². The number of hydrogen-bond donors (Lipinski definition) is 2. The van der Waals surface area contributed by atoms with Gasteiger partial charge >= 0.3 is 0 Å². The first-order chi connectivity index (χ1) is 11.7. The van der Waals surface area contributed by atoms with Crippen LogP contribution in [0.4, 0.5) is 5.82 Å². The lowest BCUT2D eigenvalue weighted by Gasteiger charge is -2.09. The smallest absolute Gasteiger partial charge is 0.255 e. The van der Waals surface area contributed by atoms with Gasteiger partial charge in [0.05, 0.1) is 12.2 Å². The second-order valence-electron chi connectivity index (χ2n) is 5.33. The monoisotopic (exact) mass is 325 g/mol. The molecule has 126 valence electrons. The van der Waals surface area contributed by atoms with Gasteiger partial charge in [-0.2, -0.15) is 0 Å². The van der Waals surface area contributed by atoms with Crippen LogP contribution in [0.3, 0.4) is 0 Å². The third-order valence-electron chi connectivity index (χ3n) is 3.45. The van der Waals surface area contributed by atoms with E-state index in [0.717, 1.165) is 24.2 Å². The molecule has 1 amide bonds. The molecule has 0 spiro atoms. The molecule has 0 atom stereocenters. The molecule has 0 saturated heterocycles. The van der Waals surface area contributed by atoms with Crippen LogP contribution in [-0.4, -0.2) is 17.5 Å². The van der Waals surface area contributed by atoms with Gasteiger partial charge in [0.25, 0.3) is 5.91 Å². The van der Waals surface area contributed by atoms with Gasteiger partial charge in [-0.25, -0.2) is 4.98 Å². The van der Waals surface area contributed by atoms with Crippen molar-refractivity contribution in [2.45, 2.75) is 26.3 Å². The molecule has 3 N–H and O–H groups in total. The maximum Gasteiger partial charge on any atom is 0.255 e. The predicted molar refractivity (Wildman–Crippen MR) is 95.8 cm³/mol. The van der Waals surface area contributed by atoms with E-state index in [1.807, 2.05) is 37.3 Å². The first kappa shape index (κ1) is 17.5. The molecule has 0 radical (unpaired) electrons. The quantitative estimate of drug-likeness (QED) is 0.576. The van der Waals surface area contributed by atoms with Crippen LogP contribution >= 0.6 is 0 Å². The zero-order chi connectivity index (χ0) is 17.2. The Morgan fingerprint density at radius 2 is 2.21 bits per heavy atom. The number of allylic oxidation sites excluding steroid dienone is 2. The van der Waals surface area contributed by atoms with E-state index >= 15 is 0 Å². The number of benzene rings is 1. The summed E-state index contributed by atoms with van der Waals surface area (Å²) in [4.78, 5) is 16.0. The van der Waals surface area contributed by atoms with Crippen molar-refractivity contribution < 1.29 is 9.53 Å². The maximum atomic E-state index is 12.1. The third kappa shape index (κ3) is 5.43. The van der Waals surface area contributed by atoms with Gasteiger partial charge in [0.15, 0.2) is 0 Å². The number of aromatic nitrogens is 1. The van der Waals surface area contributed by atoms with Crippen molar-refractivity contribution in [3.8, 4) is 5.75 Å². The van der Waals surface area contributed by atoms with Gasteiger partial charge < -0.3 is 15.8 Å². The standard InChI is InChI=1S/C19H23N3O2/c1-2-3-4-5-12-24-16-9-6-8-15(13-16)14-22-19(23)17-10-7-11-21-18(17)20/h2-3,6-11,13H,4-5,12,14H2,1H3,(H2,20,21)(H,22,23). The largest absolute Gasteiger partial charge is 0.494 e. The lowest BCUT2D eigenvalue weighted by atomic mass is 10.2. The molecule has 0 fully saturated rings. The van der Waals surface area contributed by atoms with E-state index in [1.54, 1.807) is 18.3 Å². The fraction of sp³-hybridized carbons (Fsp3) is 0.263. The lowest BCUT2D eigenvalue weighted by Crippen LogP contribution is -2.24. The van der Waals surface area contributed by atoms with E-state index in [1.165, 1.54) is 0 Å². The van der Waals surface area contributed by atoms with Gasteiger partial charge in [0.2, 0.25) is 0 Å². The summed E-state index contributed by atoms with van der Waals surface area (Å²) in [6.07, 6.45) is 7.71. The minimum atomic E-state index is -0.238. The topological polar surface area (TPSA) is 77.2 Å². The highest BCUT2D eigenvalue weighted by atomic mass is 16.5. The number of nitrogens with two attached hydrogens (primary N) is 1. The van der Waals surface area contributed by atoms with E-state index < -0.39 is 0 Å². The third-order valence-corrected chi connectivity index (χ3v) is 3.45. The van der Waals surface area contributed by atoms with E-state index in [-0.39, 0.29) is 11.7 Å². The van der Waals surface area contributed by atoms with Crippen molar-refractivity contribution in [3.05, 3.63) is 65.9 Å². The predicted octanol–water partition coefficient (Wildman–Crippen LogP) is 3.33. The highest BCUT2D eigenvalue weighted by Crippen LogP contribution is 2.14. The number of nitrogens with zero attached hydrogens (tertiary/aromatic N) is 1. The van der Waals surface area contributed by atoms with Crippen LogP contribution in [-0.2, 0) is 6.54 Å². The molecule has 2 aromatic rings. The summed E-state index contributed by atoms with van der Waals surface area (Å²) in [6.45, 7) is 3.09. The van der Waals surface area contributed by atoms with Gasteiger partial charge in [-0.1, -0.05) is 24.3 Å². The van der Waals surface area contributed by atoms with Crippen molar-refractivity contribution in [2.24, 2.45) is 0 Å². The normalized spacial score (nSPS) is 10.7. The Bertz CT molecular complexity index is 699. The van der Waals surface area contributed by atoms with Crippen molar-refractivity contribution in [3.63, 3.8) is 0 Å². The molecule has 0 saturated carbocycles. The molecule has 24 heavy (non-hydrogen) atoms. The number of amides is 1. The summed E-state index contributed by atoms with van der Waals surface area (Å²) < 4.78 is 5.73. The summed E-state index contributed by atoms with van der Waals surface area (Å²) >= 11 is 0. The summed E-state index contributed by atoms with van der Waals surface area (Å²) in [5.41, 5.74) is 7.06. The van der Waals surface area contributed by atoms with Crippen LogP contribution in [0.5, 0.6) is 5.75 Å². The number of rotatable bonds is 8. The summed E-state index contributed by atoms with van der Waals surface area (Å²) in [7, 11) is 0. The van der Waals surface area contributed by atoms with Gasteiger partial charge in [0.1, 0.15) is 11.6 Å². The number of nitrogens with one attached hydrogen (secondary N) is 1. The summed E-state index contributed by atoms with van der Waals surface area (Å²) in [5.74, 6) is 0.801. The van der Waals surface area contributed by atoms with E-state index in [4.69, 9.17) is 10.5 Å². The average Bonchev–Trinajstić information content (AvgIpc) is 2.60. The molecule has 1 aromatic carbocycles. The average molecular weight is 325 g/mol. The highest BCUT2D eigenvalue weighted by Gasteiger charge is 2.09. The van der Waals surface area contributed by atoms with Gasteiger partial charge in [0, 0.05) is 12.7 Å². The fourth-order valence-electron chi connectivity index (χ4n) is 2.19. The van der Waals surface area contributed by atoms with Crippen LogP contribution in [0.1, 0.15) is 35.7 Å². The van der Waals surface area contributed by atoms with Gasteiger partial charge in [-0.05, 0) is 49.6 Å². The second kappa shape index (κ2) is 9.35. The number of hydrogen-bond acceptors (Lipinski definition) is 4. The van der Waals surface area contributed by atoms with Crippen LogP contribution in [0.25, 0.3) is 0 Å². The number of nitrogen functional groups attached to an aromatic ring is 1. The molecule has 5 heteroatoms. The Kier molecular flexibility index (Phi) is 6.83. The minimum absolute atomic E-state index is 0.230. The zero-order valence-corrected chi connectivity index (χ0v) is 13.9. The molecule has 0 bridgehead atoms. The molecule has 5 nitrogen and oxygen atoms in total. The molecule has 1 heterocycles. The second-order valence-corrected chi connectivity index (χ2v) is 5.33. The Morgan fingerprint density at radius 1 is 1.33 bits per heavy atom. The number of pyridine rings is 1. The Labute approximate surface area is 142 Å². The molecule has 0 aliphatic carbocycles. The van der Waals surface area contributed by atoms with E-state index in [9.17, 15) is 4.79 Å². The van der Waals surface area contributed by atoms with Crippen LogP contribution in [0.15, 0.2) is 54.7 Å². The SMILES string of the molecule is CC=CCCCOc1cccc(CNC(=O)c2cccnc2N)c1. The number of ether oxygens (including phenoxy) is 1. The van der Waals surface area contributed by atoms with Crippen LogP contribution in [0.2, 0.25) is 0 Å². The maximum absolute atomic E-state index is 12.1. The molecule has 0 aliphatic rings. The highest BCUT2D eigenvalue weighted by molar-refractivity contribution is 5.98. The number of unbranched alkanes of at least 4 members (excludes halogenated alkanes) is 1. The van der Waals surface area contributed by atoms with E-state index in [2.05, 4.69) is 16.4 Å². The first-order valence-electron chi connectivity index (χ1n) is 8.02. The van der Waals surface area contributed by atoms with Gasteiger partial charge in [-0.3, -0.25) is 4.79 Å². The van der Waals surface area contributed by atoms with Crippen LogP contribution in [0, 0.1) is 0 Å². The van der Waals surface area contributed by atoms with Crippen molar-refractivity contribution in [2.75, 3.05) is 12.3 Å². The molecule has 1 aromatic heterocycles. The van der Waals surface area contributed by atoms with Crippen molar-refractivity contribution >= 4 is 11.7 Å². The Balaban J connectivity index is 1.85. The Hall–Kier alpha value is -2.82. The lowest BCUT2D eigenvalue weighted by molar-refractivity contribution is 0.0951. The molecule has 2 rings (SSSR count). The Morgan fingerprint density at radius 3 is 3.00 bits per heavy atom. The fourth-order valence-corrected chi connectivity index (χ4v) is 2.19. The molecular formula is C19H23N3O2. The number of carbonyl (C=O) groups excluding carboxylic acids is 1. The van der Waals surface area contributed by atoms with Crippen molar-refractivity contribution in [1.82, 2.24) is 10.3 Å². The summed E-state index contributed by atoms with van der Waals surface area (Å²) in [5, 5.41) is 2.84. The number of anilines is 1. The zero-order valence-electron chi connectivity index (χ0n) is 13.9. The number of carbonyl (C=O) groups is 1. The van der Waals surface area contributed by atoms with Crippen LogP contribution < -0.4 is 15.8 Å². The molecule has 0 aliphatic heterocycles. The first-order valence-corrected chi connectivity index (χ1v) is 8.02. The van der Waals surface area contributed by atoms with Gasteiger partial charge in [-0.15, -0.1) is 0 Å². The summed E-state index contributed by atoms with van der Waals surface area (Å²) in [6, 6.07) is 11.1. The van der Waals surface area contributed by atoms with E-state index in [0.29, 0.717) is 18.7 Å².